The van der Waals surface area contributed by atoms with Crippen molar-refractivity contribution in [3.63, 3.8) is 0 Å². The second-order valence-electron chi connectivity index (χ2n) is 6.33. The van der Waals surface area contributed by atoms with Crippen LogP contribution in [0.1, 0.15) is 33.1 Å². The van der Waals surface area contributed by atoms with Gasteiger partial charge in [-0.05, 0) is 39.2 Å². The highest BCUT2D eigenvalue weighted by Crippen LogP contribution is 2.17. The fourth-order valence-corrected chi connectivity index (χ4v) is 3.04. The van der Waals surface area contributed by atoms with Gasteiger partial charge in [-0.25, -0.2) is 0 Å². The molecule has 0 saturated carbocycles. The zero-order valence-corrected chi connectivity index (χ0v) is 12.9. The lowest BCUT2D eigenvalue weighted by Gasteiger charge is -2.35. The number of amides is 1. The summed E-state index contributed by atoms with van der Waals surface area (Å²) in [6.07, 6.45) is 3.01. The molecular formula is C15H29N3O2. The Morgan fingerprint density at radius 3 is 3.05 bits per heavy atom. The van der Waals surface area contributed by atoms with Crippen molar-refractivity contribution in [1.29, 1.82) is 0 Å². The maximum atomic E-state index is 11.9. The third kappa shape index (κ3) is 5.04. The van der Waals surface area contributed by atoms with Gasteiger partial charge in [-0.15, -0.1) is 0 Å². The lowest BCUT2D eigenvalue weighted by molar-refractivity contribution is -0.122. The molecule has 0 aromatic heterocycles. The van der Waals surface area contributed by atoms with Crippen molar-refractivity contribution >= 4 is 5.91 Å². The first kappa shape index (κ1) is 15.7. The summed E-state index contributed by atoms with van der Waals surface area (Å²) in [6, 6.07) is 0.791. The summed E-state index contributed by atoms with van der Waals surface area (Å²) in [5.74, 6) is 0.750. The van der Waals surface area contributed by atoms with E-state index in [-0.39, 0.29) is 11.9 Å². The van der Waals surface area contributed by atoms with Crippen LogP contribution in [0.25, 0.3) is 0 Å². The van der Waals surface area contributed by atoms with Gasteiger partial charge < -0.3 is 20.3 Å². The van der Waals surface area contributed by atoms with Gasteiger partial charge in [0.25, 0.3) is 0 Å². The van der Waals surface area contributed by atoms with Crippen molar-refractivity contribution in [2.75, 3.05) is 39.4 Å². The number of carbonyl (C=O) groups is 1. The highest BCUT2D eigenvalue weighted by atomic mass is 16.5. The number of ether oxygens (including phenoxy) is 1. The Labute approximate surface area is 122 Å². The smallest absolute Gasteiger partial charge is 0.221 e. The molecule has 2 unspecified atom stereocenters. The van der Waals surface area contributed by atoms with Crippen molar-refractivity contribution in [2.24, 2.45) is 5.92 Å². The van der Waals surface area contributed by atoms with E-state index in [0.29, 0.717) is 25.0 Å². The Kier molecular flexibility index (Phi) is 6.26. The Balaban J connectivity index is 1.64. The third-order valence-electron chi connectivity index (χ3n) is 4.30. The summed E-state index contributed by atoms with van der Waals surface area (Å²) < 4.78 is 5.37. The van der Waals surface area contributed by atoms with E-state index in [1.807, 2.05) is 0 Å². The first-order valence-corrected chi connectivity index (χ1v) is 7.97. The third-order valence-corrected chi connectivity index (χ3v) is 4.30. The van der Waals surface area contributed by atoms with Crippen LogP contribution in [-0.4, -0.2) is 62.3 Å². The number of morpholine rings is 1. The van der Waals surface area contributed by atoms with E-state index < -0.39 is 0 Å². The molecule has 0 radical (unpaired) electrons. The minimum atomic E-state index is 0.148. The number of hydrogen-bond acceptors (Lipinski definition) is 4. The van der Waals surface area contributed by atoms with Crippen molar-refractivity contribution in [3.05, 3.63) is 0 Å². The molecule has 2 aliphatic heterocycles. The van der Waals surface area contributed by atoms with Gasteiger partial charge in [0.05, 0.1) is 13.2 Å². The van der Waals surface area contributed by atoms with Crippen molar-refractivity contribution in [3.8, 4) is 0 Å². The molecule has 2 aliphatic rings. The monoisotopic (exact) mass is 283 g/mol. The second-order valence-corrected chi connectivity index (χ2v) is 6.33. The van der Waals surface area contributed by atoms with Crippen LogP contribution in [0.2, 0.25) is 0 Å². The maximum Gasteiger partial charge on any atom is 0.221 e. The number of nitrogens with one attached hydrogen (secondary N) is 2. The zero-order chi connectivity index (χ0) is 14.4. The van der Waals surface area contributed by atoms with Crippen LogP contribution < -0.4 is 10.6 Å². The SMILES string of the molecule is CC(C)N1CCCC(CNC(=O)CC2COCCN2)C1. The molecule has 1 amide bonds. The van der Waals surface area contributed by atoms with E-state index in [4.69, 9.17) is 4.74 Å². The predicted molar refractivity (Wildman–Crippen MR) is 79.7 cm³/mol. The number of carbonyl (C=O) groups excluding carboxylic acids is 1. The van der Waals surface area contributed by atoms with Crippen LogP contribution in [0.4, 0.5) is 0 Å². The summed E-state index contributed by atoms with van der Waals surface area (Å²) >= 11 is 0. The number of nitrogens with zero attached hydrogens (tertiary/aromatic N) is 1. The van der Waals surface area contributed by atoms with Crippen molar-refractivity contribution < 1.29 is 9.53 Å². The number of piperidine rings is 1. The normalized spacial score (nSPS) is 28.6. The molecular weight excluding hydrogens is 254 g/mol. The average Bonchev–Trinajstić information content (AvgIpc) is 2.46. The standard InChI is InChI=1S/C15H29N3O2/c1-12(2)18-6-3-4-13(10-18)9-17-15(19)8-14-11-20-7-5-16-14/h12-14,16H,3-11H2,1-2H3,(H,17,19). The fraction of sp³-hybridized carbons (Fsp3) is 0.933. The summed E-state index contributed by atoms with van der Waals surface area (Å²) in [5.41, 5.74) is 0. The largest absolute Gasteiger partial charge is 0.378 e. The molecule has 2 N–H and O–H groups in total. The van der Waals surface area contributed by atoms with Gasteiger partial charge in [0.1, 0.15) is 0 Å². The molecule has 0 spiro atoms. The molecule has 2 saturated heterocycles. The molecule has 5 nitrogen and oxygen atoms in total. The van der Waals surface area contributed by atoms with Gasteiger partial charge in [-0.2, -0.15) is 0 Å². The van der Waals surface area contributed by atoms with Crippen LogP contribution >= 0.6 is 0 Å². The second kappa shape index (κ2) is 7.96. The summed E-state index contributed by atoms with van der Waals surface area (Å²) in [6.45, 7) is 9.88. The Hall–Kier alpha value is -0.650. The summed E-state index contributed by atoms with van der Waals surface area (Å²) in [5, 5.41) is 6.41. The fourth-order valence-electron chi connectivity index (χ4n) is 3.04. The first-order valence-electron chi connectivity index (χ1n) is 7.97. The van der Waals surface area contributed by atoms with Crippen LogP contribution in [0.15, 0.2) is 0 Å². The number of likely N-dealkylation sites (tertiary alicyclic amines) is 1. The molecule has 2 fully saturated rings. The average molecular weight is 283 g/mol. The van der Waals surface area contributed by atoms with Gasteiger partial charge in [-0.3, -0.25) is 4.79 Å². The molecule has 0 aromatic carbocycles. The van der Waals surface area contributed by atoms with Gasteiger partial charge >= 0.3 is 0 Å². The number of rotatable bonds is 5. The Morgan fingerprint density at radius 1 is 1.50 bits per heavy atom. The van der Waals surface area contributed by atoms with E-state index in [2.05, 4.69) is 29.4 Å². The number of hydrogen-bond donors (Lipinski definition) is 2. The molecule has 2 atom stereocenters. The molecule has 2 heterocycles. The van der Waals surface area contributed by atoms with Crippen molar-refractivity contribution in [2.45, 2.75) is 45.2 Å². The van der Waals surface area contributed by atoms with E-state index >= 15 is 0 Å². The molecule has 2 rings (SSSR count). The molecule has 20 heavy (non-hydrogen) atoms. The minimum absolute atomic E-state index is 0.148. The molecule has 5 heteroatoms. The first-order chi connectivity index (χ1) is 9.65. The van der Waals surface area contributed by atoms with Crippen LogP contribution in [-0.2, 0) is 9.53 Å². The van der Waals surface area contributed by atoms with Crippen LogP contribution in [0.3, 0.4) is 0 Å². The highest BCUT2D eigenvalue weighted by molar-refractivity contribution is 5.76. The summed E-state index contributed by atoms with van der Waals surface area (Å²) in [4.78, 5) is 14.5. The molecule has 0 aromatic rings. The van der Waals surface area contributed by atoms with Crippen LogP contribution in [0.5, 0.6) is 0 Å². The van der Waals surface area contributed by atoms with Crippen molar-refractivity contribution in [1.82, 2.24) is 15.5 Å². The van der Waals surface area contributed by atoms with Gasteiger partial charge in [0, 0.05) is 38.1 Å². The minimum Gasteiger partial charge on any atom is -0.378 e. The predicted octanol–water partition coefficient (Wildman–Crippen LogP) is 0.602. The summed E-state index contributed by atoms with van der Waals surface area (Å²) in [7, 11) is 0. The topological polar surface area (TPSA) is 53.6 Å². The van der Waals surface area contributed by atoms with Gasteiger partial charge in [0.15, 0.2) is 0 Å². The molecule has 0 aliphatic carbocycles. The maximum absolute atomic E-state index is 11.9. The van der Waals surface area contributed by atoms with E-state index in [9.17, 15) is 4.79 Å². The van der Waals surface area contributed by atoms with E-state index in [0.717, 1.165) is 26.2 Å². The van der Waals surface area contributed by atoms with E-state index in [1.165, 1.54) is 19.4 Å². The zero-order valence-electron chi connectivity index (χ0n) is 12.9. The Morgan fingerprint density at radius 2 is 2.35 bits per heavy atom. The van der Waals surface area contributed by atoms with E-state index in [1.54, 1.807) is 0 Å². The van der Waals surface area contributed by atoms with Crippen LogP contribution in [0, 0.1) is 5.92 Å². The van der Waals surface area contributed by atoms with Gasteiger partial charge in [-0.1, -0.05) is 0 Å². The lowest BCUT2D eigenvalue weighted by atomic mass is 9.97. The van der Waals surface area contributed by atoms with Gasteiger partial charge in [0.2, 0.25) is 5.91 Å². The molecule has 0 bridgehead atoms. The lowest BCUT2D eigenvalue weighted by Crippen LogP contribution is -2.46. The quantitative estimate of drug-likeness (QED) is 0.776. The molecule has 116 valence electrons. The highest BCUT2D eigenvalue weighted by Gasteiger charge is 2.22. The Bertz CT molecular complexity index is 303.